The lowest BCUT2D eigenvalue weighted by atomic mass is 10.1. The third-order valence-corrected chi connectivity index (χ3v) is 3.08. The lowest BCUT2D eigenvalue weighted by Crippen LogP contribution is -2.52. The van der Waals surface area contributed by atoms with Gasteiger partial charge in [0.05, 0.1) is 0 Å². The first-order valence-corrected chi connectivity index (χ1v) is 6.95. The summed E-state index contributed by atoms with van der Waals surface area (Å²) in [6.07, 6.45) is 1.49. The first kappa shape index (κ1) is 15.0. The van der Waals surface area contributed by atoms with Crippen molar-refractivity contribution in [2.75, 3.05) is 11.9 Å². The van der Waals surface area contributed by atoms with E-state index in [9.17, 15) is 14.4 Å². The van der Waals surface area contributed by atoms with Gasteiger partial charge in [0.1, 0.15) is 17.6 Å². The maximum atomic E-state index is 12.1. The van der Waals surface area contributed by atoms with Gasteiger partial charge in [-0.1, -0.05) is 13.0 Å². The van der Waals surface area contributed by atoms with Gasteiger partial charge in [0.25, 0.3) is 5.91 Å². The number of aromatic nitrogens is 1. The maximum Gasteiger partial charge on any atom is 0.270 e. The molecule has 1 aliphatic rings. The fraction of sp³-hybridized carbons (Fsp3) is 0.429. The second-order valence-corrected chi connectivity index (χ2v) is 4.81. The van der Waals surface area contributed by atoms with Gasteiger partial charge < -0.3 is 10.6 Å². The number of pyridine rings is 1. The van der Waals surface area contributed by atoms with Crippen molar-refractivity contribution in [2.45, 2.75) is 32.2 Å². The number of carbonyl (C=O) groups is 3. The number of anilines is 1. The molecule has 0 radical (unpaired) electrons. The molecule has 1 aliphatic heterocycles. The van der Waals surface area contributed by atoms with Gasteiger partial charge in [-0.05, 0) is 25.0 Å². The van der Waals surface area contributed by atoms with E-state index in [-0.39, 0.29) is 18.0 Å². The Balaban J connectivity index is 1.99. The Morgan fingerprint density at radius 2 is 2.24 bits per heavy atom. The molecule has 3 amide bonds. The largest absolute Gasteiger partial charge is 0.370 e. The summed E-state index contributed by atoms with van der Waals surface area (Å²) in [4.78, 5) is 38.9. The lowest BCUT2D eigenvalue weighted by molar-refractivity contribution is -0.134. The van der Waals surface area contributed by atoms with Crippen LogP contribution in [0.3, 0.4) is 0 Å². The van der Waals surface area contributed by atoms with Crippen LogP contribution in [-0.4, -0.2) is 35.3 Å². The van der Waals surface area contributed by atoms with Crippen molar-refractivity contribution >= 4 is 23.5 Å². The topological polar surface area (TPSA) is 100 Å². The van der Waals surface area contributed by atoms with Crippen LogP contribution in [0.2, 0.25) is 0 Å². The Bertz CT molecular complexity index is 559. The van der Waals surface area contributed by atoms with Crippen molar-refractivity contribution in [3.63, 3.8) is 0 Å². The van der Waals surface area contributed by atoms with Crippen molar-refractivity contribution in [1.82, 2.24) is 15.6 Å². The average Bonchev–Trinajstić information content (AvgIpc) is 2.48. The highest BCUT2D eigenvalue weighted by molar-refractivity contribution is 6.03. The van der Waals surface area contributed by atoms with E-state index < -0.39 is 17.9 Å². The molecule has 1 atom stereocenters. The molecule has 0 saturated carbocycles. The fourth-order valence-electron chi connectivity index (χ4n) is 1.98. The molecule has 7 nitrogen and oxygen atoms in total. The van der Waals surface area contributed by atoms with Crippen LogP contribution in [-0.2, 0) is 9.59 Å². The SMILES string of the molecule is CCCNc1cccc(C(=O)NC2CCC(=O)NC2=O)n1. The quantitative estimate of drug-likeness (QED) is 0.683. The molecule has 3 N–H and O–H groups in total. The van der Waals surface area contributed by atoms with E-state index in [0.29, 0.717) is 12.2 Å². The van der Waals surface area contributed by atoms with E-state index in [4.69, 9.17) is 0 Å². The second-order valence-electron chi connectivity index (χ2n) is 4.81. The van der Waals surface area contributed by atoms with Crippen LogP contribution in [0, 0.1) is 0 Å². The molecule has 2 rings (SSSR count). The van der Waals surface area contributed by atoms with Gasteiger partial charge in [-0.3, -0.25) is 19.7 Å². The van der Waals surface area contributed by atoms with Gasteiger partial charge in [0, 0.05) is 13.0 Å². The van der Waals surface area contributed by atoms with Crippen molar-refractivity contribution in [2.24, 2.45) is 0 Å². The number of amides is 3. The van der Waals surface area contributed by atoms with E-state index in [1.807, 2.05) is 6.92 Å². The monoisotopic (exact) mass is 290 g/mol. The van der Waals surface area contributed by atoms with Gasteiger partial charge >= 0.3 is 0 Å². The number of nitrogens with one attached hydrogen (secondary N) is 3. The van der Waals surface area contributed by atoms with Crippen LogP contribution in [0.4, 0.5) is 5.82 Å². The highest BCUT2D eigenvalue weighted by Gasteiger charge is 2.28. The van der Waals surface area contributed by atoms with E-state index in [2.05, 4.69) is 20.9 Å². The zero-order valence-electron chi connectivity index (χ0n) is 11.8. The Labute approximate surface area is 122 Å². The third kappa shape index (κ3) is 4.01. The smallest absolute Gasteiger partial charge is 0.270 e. The minimum atomic E-state index is -0.691. The zero-order chi connectivity index (χ0) is 15.2. The molecule has 0 bridgehead atoms. The number of hydrogen-bond donors (Lipinski definition) is 3. The van der Waals surface area contributed by atoms with Crippen molar-refractivity contribution < 1.29 is 14.4 Å². The van der Waals surface area contributed by atoms with Crippen molar-refractivity contribution in [3.8, 4) is 0 Å². The number of hydrogen-bond acceptors (Lipinski definition) is 5. The normalized spacial score (nSPS) is 18.0. The van der Waals surface area contributed by atoms with E-state index in [1.54, 1.807) is 18.2 Å². The molecular formula is C14H18N4O3. The Kier molecular flexibility index (Phi) is 4.86. The highest BCUT2D eigenvalue weighted by Crippen LogP contribution is 2.08. The standard InChI is InChI=1S/C14H18N4O3/c1-2-8-15-11-5-3-4-9(16-11)13(20)17-10-6-7-12(19)18-14(10)21/h3-5,10H,2,6-8H2,1H3,(H,15,16)(H,17,20)(H,18,19,21). The molecule has 1 fully saturated rings. The third-order valence-electron chi connectivity index (χ3n) is 3.08. The summed E-state index contributed by atoms with van der Waals surface area (Å²) >= 11 is 0. The van der Waals surface area contributed by atoms with Crippen LogP contribution >= 0.6 is 0 Å². The number of carbonyl (C=O) groups excluding carboxylic acids is 3. The summed E-state index contributed by atoms with van der Waals surface area (Å²) in [5.41, 5.74) is 0.237. The van der Waals surface area contributed by atoms with Crippen LogP contribution in [0.1, 0.15) is 36.7 Å². The average molecular weight is 290 g/mol. The first-order valence-electron chi connectivity index (χ1n) is 6.95. The molecule has 0 aliphatic carbocycles. The molecular weight excluding hydrogens is 272 g/mol. The van der Waals surface area contributed by atoms with Gasteiger partial charge in [0.2, 0.25) is 11.8 Å². The summed E-state index contributed by atoms with van der Waals surface area (Å²) < 4.78 is 0. The molecule has 112 valence electrons. The number of nitrogens with zero attached hydrogens (tertiary/aromatic N) is 1. The van der Waals surface area contributed by atoms with Crippen LogP contribution < -0.4 is 16.0 Å². The Hall–Kier alpha value is -2.44. The van der Waals surface area contributed by atoms with Gasteiger partial charge in [-0.2, -0.15) is 0 Å². The molecule has 7 heteroatoms. The second kappa shape index (κ2) is 6.83. The molecule has 21 heavy (non-hydrogen) atoms. The van der Waals surface area contributed by atoms with E-state index in [0.717, 1.165) is 13.0 Å². The Morgan fingerprint density at radius 1 is 1.43 bits per heavy atom. The summed E-state index contributed by atoms with van der Waals surface area (Å²) in [6, 6.07) is 4.39. The lowest BCUT2D eigenvalue weighted by Gasteiger charge is -2.21. The van der Waals surface area contributed by atoms with E-state index >= 15 is 0 Å². The van der Waals surface area contributed by atoms with Gasteiger partial charge in [0.15, 0.2) is 0 Å². The number of piperidine rings is 1. The maximum absolute atomic E-state index is 12.1. The minimum Gasteiger partial charge on any atom is -0.370 e. The van der Waals surface area contributed by atoms with Crippen molar-refractivity contribution in [3.05, 3.63) is 23.9 Å². The summed E-state index contributed by atoms with van der Waals surface area (Å²) in [7, 11) is 0. The molecule has 0 aromatic carbocycles. The molecule has 0 spiro atoms. The molecule has 2 heterocycles. The highest BCUT2D eigenvalue weighted by atomic mass is 16.2. The van der Waals surface area contributed by atoms with E-state index in [1.165, 1.54) is 0 Å². The predicted molar refractivity (Wildman–Crippen MR) is 76.7 cm³/mol. The zero-order valence-corrected chi connectivity index (χ0v) is 11.8. The first-order chi connectivity index (χ1) is 10.1. The molecule has 1 aromatic rings. The Morgan fingerprint density at radius 3 is 2.95 bits per heavy atom. The minimum absolute atomic E-state index is 0.224. The van der Waals surface area contributed by atoms with Crippen LogP contribution in [0.5, 0.6) is 0 Å². The summed E-state index contributed by atoms with van der Waals surface area (Å²) in [5.74, 6) is -0.591. The number of rotatable bonds is 5. The number of imide groups is 1. The molecule has 1 saturated heterocycles. The fourth-order valence-corrected chi connectivity index (χ4v) is 1.98. The molecule has 1 unspecified atom stereocenters. The van der Waals surface area contributed by atoms with Gasteiger partial charge in [-0.25, -0.2) is 4.98 Å². The predicted octanol–water partition coefficient (Wildman–Crippen LogP) is 0.438. The van der Waals surface area contributed by atoms with Crippen molar-refractivity contribution in [1.29, 1.82) is 0 Å². The molecule has 1 aromatic heterocycles. The van der Waals surface area contributed by atoms with Crippen LogP contribution in [0.15, 0.2) is 18.2 Å². The summed E-state index contributed by atoms with van der Waals surface area (Å²) in [5, 5.41) is 7.89. The van der Waals surface area contributed by atoms with Crippen LogP contribution in [0.25, 0.3) is 0 Å². The van der Waals surface area contributed by atoms with Gasteiger partial charge in [-0.15, -0.1) is 0 Å². The summed E-state index contributed by atoms with van der Waals surface area (Å²) in [6.45, 7) is 2.80.